The summed E-state index contributed by atoms with van der Waals surface area (Å²) in [4.78, 5) is 4.29. The summed E-state index contributed by atoms with van der Waals surface area (Å²) in [6.07, 6.45) is 0.841. The zero-order chi connectivity index (χ0) is 11.5. The van der Waals surface area contributed by atoms with Gasteiger partial charge in [-0.1, -0.05) is 25.1 Å². The summed E-state index contributed by atoms with van der Waals surface area (Å²) in [7, 11) is 0. The molecule has 1 aromatic heterocycles. The molecule has 1 heterocycles. The fraction of sp³-hybridized carbons (Fsp3) is 0.250. The van der Waals surface area contributed by atoms with E-state index in [1.165, 1.54) is 4.68 Å². The topological polar surface area (TPSA) is 53.1 Å². The monoisotopic (exact) mass is 217 g/mol. The second-order valence-electron chi connectivity index (χ2n) is 3.57. The molecule has 0 aliphatic rings. The summed E-state index contributed by atoms with van der Waals surface area (Å²) in [6, 6.07) is 9.93. The Morgan fingerprint density at radius 1 is 1.31 bits per heavy atom. The Balaban J connectivity index is 2.29. The van der Waals surface area contributed by atoms with Crippen molar-refractivity contribution in [1.29, 1.82) is 0 Å². The standard InChI is InChI=1S/C12H15N3O/c1-3-11-9(2)14-12(15(11)13)16-10-7-5-4-6-8-10/h4-8H,3,13H2,1-2H3. The van der Waals surface area contributed by atoms with Crippen LogP contribution in [0.5, 0.6) is 11.8 Å². The number of nitrogen functional groups attached to an aromatic ring is 1. The summed E-state index contributed by atoms with van der Waals surface area (Å²) in [6.45, 7) is 3.97. The van der Waals surface area contributed by atoms with Gasteiger partial charge in [-0.2, -0.15) is 4.98 Å². The Morgan fingerprint density at radius 2 is 2.00 bits per heavy atom. The summed E-state index contributed by atoms with van der Waals surface area (Å²) >= 11 is 0. The molecule has 84 valence electrons. The SMILES string of the molecule is CCc1c(C)nc(Oc2ccccc2)n1N. The summed E-state index contributed by atoms with van der Waals surface area (Å²) < 4.78 is 7.10. The normalized spacial score (nSPS) is 10.4. The van der Waals surface area contributed by atoms with Gasteiger partial charge in [0.05, 0.1) is 11.4 Å². The Labute approximate surface area is 94.6 Å². The number of benzene rings is 1. The fourth-order valence-corrected chi connectivity index (χ4v) is 1.64. The van der Waals surface area contributed by atoms with Crippen molar-refractivity contribution in [1.82, 2.24) is 9.66 Å². The molecule has 4 heteroatoms. The van der Waals surface area contributed by atoms with Crippen LogP contribution in [-0.4, -0.2) is 9.66 Å². The predicted octanol–water partition coefficient (Wildman–Crippen LogP) is 2.26. The van der Waals surface area contributed by atoms with Crippen molar-refractivity contribution >= 4 is 0 Å². The predicted molar refractivity (Wildman–Crippen MR) is 63.0 cm³/mol. The molecule has 0 unspecified atom stereocenters. The lowest BCUT2D eigenvalue weighted by Crippen LogP contribution is -2.13. The first kappa shape index (κ1) is 10.5. The van der Waals surface area contributed by atoms with Gasteiger partial charge < -0.3 is 10.6 Å². The van der Waals surface area contributed by atoms with E-state index in [1.54, 1.807) is 0 Å². The van der Waals surface area contributed by atoms with Gasteiger partial charge in [-0.3, -0.25) is 0 Å². The van der Waals surface area contributed by atoms with Crippen LogP contribution in [0.3, 0.4) is 0 Å². The van der Waals surface area contributed by atoms with E-state index in [4.69, 9.17) is 10.6 Å². The maximum absolute atomic E-state index is 5.89. The van der Waals surface area contributed by atoms with Crippen molar-refractivity contribution < 1.29 is 4.74 Å². The molecule has 0 spiro atoms. The highest BCUT2D eigenvalue weighted by Gasteiger charge is 2.12. The third-order valence-electron chi connectivity index (χ3n) is 2.47. The number of ether oxygens (including phenoxy) is 1. The molecule has 0 radical (unpaired) electrons. The smallest absolute Gasteiger partial charge is 0.321 e. The van der Waals surface area contributed by atoms with Gasteiger partial charge in [0.25, 0.3) is 0 Å². The molecule has 2 aromatic rings. The molecule has 0 fully saturated rings. The van der Waals surface area contributed by atoms with E-state index in [0.29, 0.717) is 6.01 Å². The highest BCUT2D eigenvalue weighted by atomic mass is 16.5. The molecule has 0 atom stereocenters. The number of nitrogens with zero attached hydrogens (tertiary/aromatic N) is 2. The molecule has 0 saturated heterocycles. The van der Waals surface area contributed by atoms with E-state index in [-0.39, 0.29) is 0 Å². The number of hydrogen-bond donors (Lipinski definition) is 1. The second kappa shape index (κ2) is 4.26. The maximum atomic E-state index is 5.89. The Bertz CT molecular complexity index is 477. The van der Waals surface area contributed by atoms with Crippen molar-refractivity contribution in [2.75, 3.05) is 5.84 Å². The van der Waals surface area contributed by atoms with Gasteiger partial charge in [0.15, 0.2) is 0 Å². The van der Waals surface area contributed by atoms with E-state index in [9.17, 15) is 0 Å². The third-order valence-corrected chi connectivity index (χ3v) is 2.47. The van der Waals surface area contributed by atoms with Crippen LogP contribution in [-0.2, 0) is 6.42 Å². The first-order valence-corrected chi connectivity index (χ1v) is 5.28. The minimum absolute atomic E-state index is 0.431. The van der Waals surface area contributed by atoms with Crippen LogP contribution in [0.2, 0.25) is 0 Å². The van der Waals surface area contributed by atoms with Crippen LogP contribution in [0.1, 0.15) is 18.3 Å². The van der Waals surface area contributed by atoms with E-state index in [0.717, 1.165) is 23.6 Å². The van der Waals surface area contributed by atoms with Crippen LogP contribution in [0.25, 0.3) is 0 Å². The lowest BCUT2D eigenvalue weighted by atomic mass is 10.3. The molecule has 1 aromatic carbocycles. The number of para-hydroxylation sites is 1. The van der Waals surface area contributed by atoms with Gasteiger partial charge in [0.2, 0.25) is 0 Å². The molecule has 16 heavy (non-hydrogen) atoms. The highest BCUT2D eigenvalue weighted by Crippen LogP contribution is 2.21. The quantitative estimate of drug-likeness (QED) is 0.802. The molecule has 0 saturated carbocycles. The molecular formula is C12H15N3O. The molecule has 0 amide bonds. The Hall–Kier alpha value is -1.97. The molecule has 2 N–H and O–H groups in total. The minimum atomic E-state index is 0.431. The lowest BCUT2D eigenvalue weighted by molar-refractivity contribution is 0.428. The van der Waals surface area contributed by atoms with Crippen molar-refractivity contribution in [3.63, 3.8) is 0 Å². The highest BCUT2D eigenvalue weighted by molar-refractivity contribution is 5.27. The Kier molecular flexibility index (Phi) is 2.81. The molecule has 0 bridgehead atoms. The summed E-state index contributed by atoms with van der Waals surface area (Å²) in [5.41, 5.74) is 1.90. The van der Waals surface area contributed by atoms with Crippen molar-refractivity contribution in [3.8, 4) is 11.8 Å². The van der Waals surface area contributed by atoms with E-state index >= 15 is 0 Å². The number of hydrogen-bond acceptors (Lipinski definition) is 3. The largest absolute Gasteiger partial charge is 0.424 e. The lowest BCUT2D eigenvalue weighted by Gasteiger charge is -2.05. The zero-order valence-electron chi connectivity index (χ0n) is 9.47. The van der Waals surface area contributed by atoms with Gasteiger partial charge in [-0.15, -0.1) is 0 Å². The van der Waals surface area contributed by atoms with Gasteiger partial charge in [0.1, 0.15) is 5.75 Å². The maximum Gasteiger partial charge on any atom is 0.321 e. The van der Waals surface area contributed by atoms with Crippen molar-refractivity contribution in [2.24, 2.45) is 0 Å². The summed E-state index contributed by atoms with van der Waals surface area (Å²) in [5, 5.41) is 0. The summed E-state index contributed by atoms with van der Waals surface area (Å²) in [5.74, 6) is 6.63. The Morgan fingerprint density at radius 3 is 2.56 bits per heavy atom. The number of nitrogens with two attached hydrogens (primary N) is 1. The van der Waals surface area contributed by atoms with Crippen LogP contribution >= 0.6 is 0 Å². The van der Waals surface area contributed by atoms with E-state index in [2.05, 4.69) is 4.98 Å². The number of aromatic nitrogens is 2. The first-order chi connectivity index (χ1) is 7.72. The molecular weight excluding hydrogens is 202 g/mol. The zero-order valence-corrected chi connectivity index (χ0v) is 9.47. The van der Waals surface area contributed by atoms with Crippen LogP contribution in [0.15, 0.2) is 30.3 Å². The number of imidazole rings is 1. The van der Waals surface area contributed by atoms with Gasteiger partial charge in [-0.05, 0) is 25.5 Å². The molecule has 0 aliphatic heterocycles. The molecule has 0 aliphatic carbocycles. The average molecular weight is 217 g/mol. The number of aryl methyl sites for hydroxylation is 1. The van der Waals surface area contributed by atoms with Crippen molar-refractivity contribution in [3.05, 3.63) is 41.7 Å². The van der Waals surface area contributed by atoms with Crippen LogP contribution in [0.4, 0.5) is 0 Å². The van der Waals surface area contributed by atoms with Crippen LogP contribution < -0.4 is 10.6 Å². The number of rotatable bonds is 3. The van der Waals surface area contributed by atoms with Crippen molar-refractivity contribution in [2.45, 2.75) is 20.3 Å². The minimum Gasteiger partial charge on any atom is -0.424 e. The fourth-order valence-electron chi connectivity index (χ4n) is 1.64. The second-order valence-corrected chi connectivity index (χ2v) is 3.57. The van der Waals surface area contributed by atoms with E-state index < -0.39 is 0 Å². The average Bonchev–Trinajstić information content (AvgIpc) is 2.55. The van der Waals surface area contributed by atoms with Gasteiger partial charge in [-0.25, -0.2) is 4.68 Å². The van der Waals surface area contributed by atoms with Gasteiger partial charge in [0, 0.05) is 0 Å². The molecule has 2 rings (SSSR count). The van der Waals surface area contributed by atoms with E-state index in [1.807, 2.05) is 44.2 Å². The first-order valence-electron chi connectivity index (χ1n) is 5.28. The van der Waals surface area contributed by atoms with Crippen LogP contribution in [0, 0.1) is 6.92 Å². The van der Waals surface area contributed by atoms with Gasteiger partial charge >= 0.3 is 6.01 Å². The molecule has 4 nitrogen and oxygen atoms in total. The third kappa shape index (κ3) is 1.86.